The Morgan fingerprint density at radius 3 is 2.54 bits per heavy atom. The van der Waals surface area contributed by atoms with Gasteiger partial charge in [0.05, 0.1) is 10.6 Å². The van der Waals surface area contributed by atoms with Crippen LogP contribution in [0.4, 0.5) is 13.2 Å². The van der Waals surface area contributed by atoms with Crippen LogP contribution in [0.2, 0.25) is 0 Å². The molecule has 6 rings (SSSR count). The first kappa shape index (κ1) is 27.6. The number of halogens is 3. The number of allylic oxidation sites excluding steroid dienone is 4. The Balaban J connectivity index is 1.00. The molecule has 3 aliphatic heterocycles. The fourth-order valence-electron chi connectivity index (χ4n) is 5.87. The first-order valence-electron chi connectivity index (χ1n) is 14.1. The number of rotatable bonds is 5. The molecule has 1 aromatic heterocycles. The third-order valence-electron chi connectivity index (χ3n) is 8.25. The van der Waals surface area contributed by atoms with Gasteiger partial charge in [-0.1, -0.05) is 36.4 Å². The van der Waals surface area contributed by atoms with Crippen molar-refractivity contribution in [2.24, 2.45) is 0 Å². The molecular weight excluding hydrogens is 551 g/mol. The van der Waals surface area contributed by atoms with Gasteiger partial charge in [0.1, 0.15) is 12.0 Å². The van der Waals surface area contributed by atoms with E-state index in [2.05, 4.69) is 17.1 Å². The van der Waals surface area contributed by atoms with Crippen molar-refractivity contribution in [3.05, 3.63) is 99.4 Å². The number of amides is 1. The molecule has 1 aliphatic carbocycles. The van der Waals surface area contributed by atoms with Crippen molar-refractivity contribution in [2.75, 3.05) is 26.2 Å². The molecule has 10 heteroatoms. The van der Waals surface area contributed by atoms with Crippen LogP contribution in [-0.2, 0) is 15.7 Å². The number of hydrogen-bond donors (Lipinski definition) is 0. The number of carbonyl (C=O) groups excluding carboxylic acids is 1. The van der Waals surface area contributed by atoms with Gasteiger partial charge in [-0.2, -0.15) is 13.2 Å². The Hall–Kier alpha value is -3.53. The molecule has 2 aromatic rings. The summed E-state index contributed by atoms with van der Waals surface area (Å²) >= 11 is 1.53. The second-order valence-electron chi connectivity index (χ2n) is 10.9. The van der Waals surface area contributed by atoms with Crippen molar-refractivity contribution in [2.45, 2.75) is 56.5 Å². The molecule has 0 radical (unpaired) electrons. The Morgan fingerprint density at radius 1 is 1.02 bits per heavy atom. The van der Waals surface area contributed by atoms with Gasteiger partial charge in [-0.3, -0.25) is 4.79 Å². The summed E-state index contributed by atoms with van der Waals surface area (Å²) in [5.41, 5.74) is 1.65. The third-order valence-corrected chi connectivity index (χ3v) is 9.26. The van der Waals surface area contributed by atoms with Crippen LogP contribution in [0.15, 0.2) is 77.6 Å². The number of hydrogen-bond acceptors (Lipinski definition) is 6. The predicted octanol–water partition coefficient (Wildman–Crippen LogP) is 7.32. The smallest absolute Gasteiger partial charge is 0.416 e. The van der Waals surface area contributed by atoms with Gasteiger partial charge in [0.25, 0.3) is 5.91 Å². The highest BCUT2D eigenvalue weighted by molar-refractivity contribution is 7.09. The minimum atomic E-state index is -4.35. The van der Waals surface area contributed by atoms with E-state index in [0.717, 1.165) is 67.1 Å². The monoisotopic (exact) mass is 583 g/mol. The van der Waals surface area contributed by atoms with Gasteiger partial charge in [-0.05, 0) is 61.6 Å². The molecule has 0 spiro atoms. The molecular formula is C31H32F3N3O3S. The van der Waals surface area contributed by atoms with Gasteiger partial charge in [-0.25, -0.2) is 4.98 Å². The summed E-state index contributed by atoms with van der Waals surface area (Å²) in [5, 5.41) is 2.81. The normalized spacial score (nSPS) is 20.6. The number of benzene rings is 1. The number of piperidine rings is 2. The number of ether oxygens (including phenoxy) is 2. The number of thiazole rings is 1. The zero-order valence-corrected chi connectivity index (χ0v) is 23.4. The topological polar surface area (TPSA) is 54.9 Å². The van der Waals surface area contributed by atoms with Crippen LogP contribution >= 0.6 is 11.3 Å². The second-order valence-corrected chi connectivity index (χ2v) is 11.7. The lowest BCUT2D eigenvalue weighted by molar-refractivity contribution is -0.137. The fourth-order valence-corrected chi connectivity index (χ4v) is 6.84. The van der Waals surface area contributed by atoms with E-state index in [4.69, 9.17) is 14.5 Å². The maximum absolute atomic E-state index is 13.2. The molecule has 4 heterocycles. The van der Waals surface area contributed by atoms with Gasteiger partial charge in [-0.15, -0.1) is 11.3 Å². The van der Waals surface area contributed by atoms with Gasteiger partial charge < -0.3 is 19.3 Å². The molecule has 4 aliphatic rings. The standard InChI is InChI=1S/C31H32F3N3O3S/c32-31(33,34)25-8-4-7-24(17-25)21-9-15-37(16-10-21)30(38)26-20-41-29(35-26)23-11-13-36(14-12-23)28-19-39-18-27(40-28)22-5-2-1-3-6-22/h1-2,4-5,7-8,17-21,23H,3,6,9-16H2. The van der Waals surface area contributed by atoms with Crippen LogP contribution in [0.5, 0.6) is 0 Å². The summed E-state index contributed by atoms with van der Waals surface area (Å²) in [4.78, 5) is 21.9. The van der Waals surface area contributed by atoms with Crippen LogP contribution in [0.25, 0.3) is 0 Å². The molecule has 0 bridgehead atoms. The van der Waals surface area contributed by atoms with E-state index in [9.17, 15) is 18.0 Å². The molecule has 216 valence electrons. The first-order valence-corrected chi connectivity index (χ1v) is 15.0. The Morgan fingerprint density at radius 2 is 1.80 bits per heavy atom. The molecule has 0 N–H and O–H groups in total. The molecule has 1 amide bonds. The van der Waals surface area contributed by atoms with Gasteiger partial charge >= 0.3 is 6.18 Å². The van der Waals surface area contributed by atoms with Crippen molar-refractivity contribution in [3.8, 4) is 0 Å². The molecule has 2 fully saturated rings. The molecule has 2 saturated heterocycles. The quantitative estimate of drug-likeness (QED) is 0.369. The van der Waals surface area contributed by atoms with E-state index in [1.54, 1.807) is 23.5 Å². The van der Waals surface area contributed by atoms with E-state index in [1.165, 1.54) is 23.5 Å². The molecule has 0 atom stereocenters. The van der Waals surface area contributed by atoms with Crippen LogP contribution in [0, 0.1) is 0 Å². The summed E-state index contributed by atoms with van der Waals surface area (Å²) in [5.74, 6) is 1.66. The summed E-state index contributed by atoms with van der Waals surface area (Å²) in [6, 6.07) is 5.56. The van der Waals surface area contributed by atoms with E-state index >= 15 is 0 Å². The highest BCUT2D eigenvalue weighted by atomic mass is 32.1. The summed E-state index contributed by atoms with van der Waals surface area (Å²) < 4.78 is 51.2. The highest BCUT2D eigenvalue weighted by Crippen LogP contribution is 2.36. The number of carbonyl (C=O) groups is 1. The molecule has 1 aromatic carbocycles. The van der Waals surface area contributed by atoms with Crippen molar-refractivity contribution < 1.29 is 27.4 Å². The number of nitrogens with zero attached hydrogens (tertiary/aromatic N) is 3. The average molecular weight is 584 g/mol. The van der Waals surface area contributed by atoms with Gasteiger partial charge in [0.2, 0.25) is 5.88 Å². The van der Waals surface area contributed by atoms with Crippen molar-refractivity contribution in [3.63, 3.8) is 0 Å². The molecule has 0 saturated carbocycles. The van der Waals surface area contributed by atoms with Gasteiger partial charge in [0, 0.05) is 37.5 Å². The zero-order valence-electron chi connectivity index (χ0n) is 22.6. The second kappa shape index (κ2) is 11.8. The maximum Gasteiger partial charge on any atom is 0.416 e. The van der Waals surface area contributed by atoms with Crippen LogP contribution < -0.4 is 0 Å². The largest absolute Gasteiger partial charge is 0.463 e. The van der Waals surface area contributed by atoms with Crippen LogP contribution in [-0.4, -0.2) is 46.9 Å². The SMILES string of the molecule is O=C(c1csc(C2CCN(C3=COC=C(C4=CC=CCC4)O3)CC2)n1)N1CCC(c2cccc(C(F)(F)F)c2)CC1. The van der Waals surface area contributed by atoms with Crippen LogP contribution in [0.3, 0.4) is 0 Å². The first-order chi connectivity index (χ1) is 19.8. The number of likely N-dealkylation sites (tertiary alicyclic amines) is 2. The zero-order chi connectivity index (χ0) is 28.4. The van der Waals surface area contributed by atoms with E-state index in [1.807, 2.05) is 11.5 Å². The Bertz CT molecular complexity index is 1390. The number of alkyl halides is 3. The average Bonchev–Trinajstić information content (AvgIpc) is 3.52. The Labute approximate surface area is 241 Å². The molecule has 41 heavy (non-hydrogen) atoms. The minimum absolute atomic E-state index is 0.00832. The van der Waals surface area contributed by atoms with Crippen molar-refractivity contribution >= 4 is 17.2 Å². The van der Waals surface area contributed by atoms with E-state index in [0.29, 0.717) is 37.2 Å². The molecule has 6 nitrogen and oxygen atoms in total. The lowest BCUT2D eigenvalue weighted by Crippen LogP contribution is -2.38. The van der Waals surface area contributed by atoms with E-state index in [-0.39, 0.29) is 17.7 Å². The molecule has 0 unspecified atom stereocenters. The van der Waals surface area contributed by atoms with E-state index < -0.39 is 11.7 Å². The Kier molecular flexibility index (Phi) is 7.92. The third kappa shape index (κ3) is 6.22. The van der Waals surface area contributed by atoms with Gasteiger partial charge in [0.15, 0.2) is 12.0 Å². The lowest BCUT2D eigenvalue weighted by atomic mass is 9.88. The van der Waals surface area contributed by atoms with Crippen LogP contribution in [0.1, 0.15) is 77.0 Å². The summed E-state index contributed by atoms with van der Waals surface area (Å²) in [7, 11) is 0. The highest BCUT2D eigenvalue weighted by Gasteiger charge is 2.33. The minimum Gasteiger partial charge on any atom is -0.463 e. The lowest BCUT2D eigenvalue weighted by Gasteiger charge is -2.34. The maximum atomic E-state index is 13.2. The fraction of sp³-hybridized carbons (Fsp3) is 0.419. The summed E-state index contributed by atoms with van der Waals surface area (Å²) in [6.07, 6.45) is 10.2. The van der Waals surface area contributed by atoms with Crippen molar-refractivity contribution in [1.82, 2.24) is 14.8 Å². The number of aromatic nitrogens is 1. The van der Waals surface area contributed by atoms with Crippen molar-refractivity contribution in [1.29, 1.82) is 0 Å². The summed E-state index contributed by atoms with van der Waals surface area (Å²) in [6.45, 7) is 2.62. The predicted molar refractivity (Wildman–Crippen MR) is 150 cm³/mol.